The summed E-state index contributed by atoms with van der Waals surface area (Å²) in [5, 5.41) is 9.20. The number of hydrogen-bond donors (Lipinski definition) is 1. The van der Waals surface area contributed by atoms with Gasteiger partial charge in [0.2, 0.25) is 5.95 Å². The van der Waals surface area contributed by atoms with E-state index in [4.69, 9.17) is 24.5 Å². The highest BCUT2D eigenvalue weighted by molar-refractivity contribution is 5.92. The van der Waals surface area contributed by atoms with Crippen molar-refractivity contribution in [2.24, 2.45) is 7.05 Å². The molecule has 3 aromatic rings. The zero-order valence-electron chi connectivity index (χ0n) is 18.2. The Labute approximate surface area is 182 Å². The lowest BCUT2D eigenvalue weighted by Gasteiger charge is -2.28. The second kappa shape index (κ2) is 8.68. The Kier molecular flexibility index (Phi) is 5.61. The van der Waals surface area contributed by atoms with Gasteiger partial charge in [0.15, 0.2) is 5.65 Å². The SMILES string of the molecule is COc1ccc(CN2CCc3nn(C)c4nc(NCCN5CCOCC5)nc2c34)cc1. The van der Waals surface area contributed by atoms with Crippen molar-refractivity contribution in [2.75, 3.05) is 63.3 Å². The Balaban J connectivity index is 1.37. The molecule has 5 rings (SSSR count). The van der Waals surface area contributed by atoms with Crippen molar-refractivity contribution in [2.45, 2.75) is 13.0 Å². The molecule has 31 heavy (non-hydrogen) atoms. The minimum Gasteiger partial charge on any atom is -0.497 e. The molecule has 0 spiro atoms. The number of nitrogens with zero attached hydrogens (tertiary/aromatic N) is 6. The van der Waals surface area contributed by atoms with Gasteiger partial charge in [0.25, 0.3) is 0 Å². The lowest BCUT2D eigenvalue weighted by molar-refractivity contribution is 0.0398. The van der Waals surface area contributed by atoms with E-state index in [-0.39, 0.29) is 0 Å². The average molecular weight is 424 g/mol. The van der Waals surface area contributed by atoms with Gasteiger partial charge in [0.1, 0.15) is 11.6 Å². The smallest absolute Gasteiger partial charge is 0.226 e. The lowest BCUT2D eigenvalue weighted by atomic mass is 10.1. The maximum absolute atomic E-state index is 5.43. The van der Waals surface area contributed by atoms with Crippen LogP contribution in [0.5, 0.6) is 5.75 Å². The van der Waals surface area contributed by atoms with Crippen molar-refractivity contribution in [3.05, 3.63) is 35.5 Å². The van der Waals surface area contributed by atoms with Crippen LogP contribution in [-0.2, 0) is 24.8 Å². The number of rotatable bonds is 7. The molecule has 0 bridgehead atoms. The molecule has 9 heteroatoms. The first-order valence-corrected chi connectivity index (χ1v) is 10.9. The molecule has 2 aliphatic heterocycles. The number of hydrogen-bond acceptors (Lipinski definition) is 8. The molecule has 1 N–H and O–H groups in total. The molecule has 2 aromatic heterocycles. The van der Waals surface area contributed by atoms with Crippen LogP contribution in [0.15, 0.2) is 24.3 Å². The van der Waals surface area contributed by atoms with E-state index in [1.165, 1.54) is 5.56 Å². The van der Waals surface area contributed by atoms with Crippen molar-refractivity contribution in [3.8, 4) is 5.75 Å². The van der Waals surface area contributed by atoms with Gasteiger partial charge < -0.3 is 19.7 Å². The van der Waals surface area contributed by atoms with Gasteiger partial charge in [-0.05, 0) is 17.7 Å². The summed E-state index contributed by atoms with van der Waals surface area (Å²) in [4.78, 5) is 14.4. The quantitative estimate of drug-likeness (QED) is 0.615. The van der Waals surface area contributed by atoms with Crippen LogP contribution < -0.4 is 15.0 Å². The average Bonchev–Trinajstić information content (AvgIpc) is 3.13. The van der Waals surface area contributed by atoms with Gasteiger partial charge in [-0.2, -0.15) is 15.1 Å². The summed E-state index contributed by atoms with van der Waals surface area (Å²) >= 11 is 0. The highest BCUT2D eigenvalue weighted by Crippen LogP contribution is 2.33. The van der Waals surface area contributed by atoms with Gasteiger partial charge in [-0.3, -0.25) is 4.90 Å². The van der Waals surface area contributed by atoms with E-state index < -0.39 is 0 Å². The predicted molar refractivity (Wildman–Crippen MR) is 120 cm³/mol. The second-order valence-corrected chi connectivity index (χ2v) is 8.04. The standard InChI is InChI=1S/C22H29N7O2/c1-27-20-19-18(26-27)7-9-29(15-16-3-5-17(30-2)6-4-16)21(19)25-22(24-20)23-8-10-28-11-13-31-14-12-28/h3-6H,7-15H2,1-2H3,(H,23,24,25). The van der Waals surface area contributed by atoms with Gasteiger partial charge in [0, 0.05) is 52.7 Å². The number of methoxy groups -OCH3 is 1. The van der Waals surface area contributed by atoms with Gasteiger partial charge >= 0.3 is 0 Å². The summed E-state index contributed by atoms with van der Waals surface area (Å²) in [5.74, 6) is 2.49. The van der Waals surface area contributed by atoms with Gasteiger partial charge in [-0.1, -0.05) is 12.1 Å². The normalized spacial score (nSPS) is 16.6. The number of ether oxygens (including phenoxy) is 2. The molecule has 4 heterocycles. The van der Waals surface area contributed by atoms with Crippen LogP contribution in [0.4, 0.5) is 11.8 Å². The highest BCUT2D eigenvalue weighted by Gasteiger charge is 2.26. The topological polar surface area (TPSA) is 80.6 Å². The van der Waals surface area contributed by atoms with Crippen LogP contribution in [-0.4, -0.2) is 77.7 Å². The van der Waals surface area contributed by atoms with Crippen LogP contribution in [0.25, 0.3) is 11.0 Å². The summed E-state index contributed by atoms with van der Waals surface area (Å²) in [5.41, 5.74) is 3.19. The Morgan fingerprint density at radius 3 is 2.68 bits per heavy atom. The van der Waals surface area contributed by atoms with E-state index in [0.29, 0.717) is 5.95 Å². The van der Waals surface area contributed by atoms with E-state index in [0.717, 1.165) is 87.2 Å². The molecule has 1 fully saturated rings. The van der Waals surface area contributed by atoms with E-state index in [1.54, 1.807) is 7.11 Å². The first kappa shape index (κ1) is 20.0. The first-order chi connectivity index (χ1) is 15.2. The monoisotopic (exact) mass is 423 g/mol. The lowest BCUT2D eigenvalue weighted by Crippen LogP contribution is -2.39. The number of nitrogens with one attached hydrogen (secondary N) is 1. The molecule has 164 valence electrons. The molecule has 0 amide bonds. The zero-order chi connectivity index (χ0) is 21.2. The minimum atomic E-state index is 0.659. The third kappa shape index (κ3) is 4.15. The van der Waals surface area contributed by atoms with Gasteiger partial charge in [0.05, 0.1) is 31.4 Å². The van der Waals surface area contributed by atoms with E-state index >= 15 is 0 Å². The predicted octanol–water partition coefficient (Wildman–Crippen LogP) is 1.68. The molecule has 9 nitrogen and oxygen atoms in total. The Morgan fingerprint density at radius 1 is 1.10 bits per heavy atom. The maximum atomic E-state index is 5.43. The van der Waals surface area contributed by atoms with Crippen LogP contribution in [0.2, 0.25) is 0 Å². The summed E-state index contributed by atoms with van der Waals surface area (Å²) in [6, 6.07) is 8.22. The summed E-state index contributed by atoms with van der Waals surface area (Å²) in [6.07, 6.45) is 0.896. The molecular formula is C22H29N7O2. The van der Waals surface area contributed by atoms with Gasteiger partial charge in [-0.25, -0.2) is 4.68 Å². The maximum Gasteiger partial charge on any atom is 0.226 e. The van der Waals surface area contributed by atoms with Crippen molar-refractivity contribution in [3.63, 3.8) is 0 Å². The molecule has 2 aliphatic rings. The third-order valence-electron chi connectivity index (χ3n) is 6.00. The summed E-state index contributed by atoms with van der Waals surface area (Å²) < 4.78 is 12.6. The fourth-order valence-corrected chi connectivity index (χ4v) is 4.29. The fraction of sp³-hybridized carbons (Fsp3) is 0.500. The molecule has 0 saturated carbocycles. The van der Waals surface area contributed by atoms with Crippen LogP contribution in [0.3, 0.4) is 0 Å². The van der Waals surface area contributed by atoms with Crippen LogP contribution in [0.1, 0.15) is 11.3 Å². The number of aromatic nitrogens is 4. The molecular weight excluding hydrogens is 394 g/mol. The molecule has 1 aromatic carbocycles. The minimum absolute atomic E-state index is 0.659. The Bertz CT molecular complexity index is 1040. The molecule has 0 atom stereocenters. The summed E-state index contributed by atoms with van der Waals surface area (Å²) in [6.45, 7) is 7.00. The van der Waals surface area contributed by atoms with Crippen LogP contribution >= 0.6 is 0 Å². The molecule has 1 saturated heterocycles. The van der Waals surface area contributed by atoms with E-state index in [9.17, 15) is 0 Å². The van der Waals surface area contributed by atoms with Crippen LogP contribution in [0, 0.1) is 0 Å². The van der Waals surface area contributed by atoms with Gasteiger partial charge in [-0.15, -0.1) is 0 Å². The van der Waals surface area contributed by atoms with E-state index in [2.05, 4.69) is 27.2 Å². The first-order valence-electron chi connectivity index (χ1n) is 10.9. The van der Waals surface area contributed by atoms with Crippen molar-refractivity contribution in [1.82, 2.24) is 24.6 Å². The molecule has 0 radical (unpaired) electrons. The largest absolute Gasteiger partial charge is 0.497 e. The number of aryl methyl sites for hydroxylation is 1. The molecule has 0 aliphatic carbocycles. The fourth-order valence-electron chi connectivity index (χ4n) is 4.29. The highest BCUT2D eigenvalue weighted by atomic mass is 16.5. The third-order valence-corrected chi connectivity index (χ3v) is 6.00. The van der Waals surface area contributed by atoms with Crippen molar-refractivity contribution < 1.29 is 9.47 Å². The van der Waals surface area contributed by atoms with Crippen molar-refractivity contribution >= 4 is 22.8 Å². The number of benzene rings is 1. The second-order valence-electron chi connectivity index (χ2n) is 8.04. The summed E-state index contributed by atoms with van der Waals surface area (Å²) in [7, 11) is 3.65. The Hall–Kier alpha value is -2.91. The number of morpholine rings is 1. The van der Waals surface area contributed by atoms with Crippen molar-refractivity contribution in [1.29, 1.82) is 0 Å². The number of anilines is 2. The molecule has 0 unspecified atom stereocenters. The van der Waals surface area contributed by atoms with E-state index in [1.807, 2.05) is 23.9 Å². The Morgan fingerprint density at radius 2 is 1.90 bits per heavy atom. The zero-order valence-corrected chi connectivity index (χ0v) is 18.2.